The average molecular weight is 239 g/mol. The number of hydrogen-bond acceptors (Lipinski definition) is 4. The van der Waals surface area contributed by atoms with Crippen LogP contribution in [0.25, 0.3) is 0 Å². The van der Waals surface area contributed by atoms with Crippen molar-refractivity contribution in [1.82, 2.24) is 10.4 Å². The molecular formula is C12H21N3S. The van der Waals surface area contributed by atoms with E-state index in [-0.39, 0.29) is 0 Å². The molecule has 1 aliphatic rings. The highest BCUT2D eigenvalue weighted by Gasteiger charge is 2.24. The molecule has 1 aromatic heterocycles. The molecule has 90 valence electrons. The van der Waals surface area contributed by atoms with Crippen molar-refractivity contribution in [2.75, 3.05) is 0 Å². The van der Waals surface area contributed by atoms with Gasteiger partial charge < -0.3 is 0 Å². The Labute approximate surface area is 101 Å². The molecule has 0 saturated heterocycles. The van der Waals surface area contributed by atoms with E-state index in [0.717, 1.165) is 5.01 Å². The first-order chi connectivity index (χ1) is 7.81. The molecule has 3 nitrogen and oxygen atoms in total. The Morgan fingerprint density at radius 1 is 1.38 bits per heavy atom. The van der Waals surface area contributed by atoms with E-state index in [1.807, 2.05) is 6.20 Å². The zero-order chi connectivity index (χ0) is 11.4. The highest BCUT2D eigenvalue weighted by molar-refractivity contribution is 7.11. The summed E-state index contributed by atoms with van der Waals surface area (Å²) in [6.45, 7) is 2.05. The molecule has 1 aromatic rings. The number of aryl methyl sites for hydroxylation is 1. The molecule has 3 N–H and O–H groups in total. The molecule has 0 amide bonds. The Morgan fingerprint density at radius 3 is 2.56 bits per heavy atom. The first kappa shape index (κ1) is 12.0. The summed E-state index contributed by atoms with van der Waals surface area (Å²) in [5.41, 5.74) is 3.00. The Hall–Kier alpha value is -0.450. The second-order valence-electron chi connectivity index (χ2n) is 4.68. The smallest absolute Gasteiger partial charge is 0.0897 e. The summed E-state index contributed by atoms with van der Waals surface area (Å²) in [5, 5.41) is 1.13. The Bertz CT molecular complexity index is 316. The van der Waals surface area contributed by atoms with E-state index in [2.05, 4.69) is 17.3 Å². The number of hydrazine groups is 1. The summed E-state index contributed by atoms with van der Waals surface area (Å²) in [4.78, 5) is 5.62. The average Bonchev–Trinajstić information content (AvgIpc) is 2.55. The van der Waals surface area contributed by atoms with Crippen molar-refractivity contribution in [3.8, 4) is 0 Å². The van der Waals surface area contributed by atoms with Gasteiger partial charge in [0.2, 0.25) is 0 Å². The lowest BCUT2D eigenvalue weighted by Crippen LogP contribution is -2.33. The van der Waals surface area contributed by atoms with Gasteiger partial charge in [0.25, 0.3) is 0 Å². The first-order valence-electron chi connectivity index (χ1n) is 6.19. The highest BCUT2D eigenvalue weighted by Crippen LogP contribution is 2.35. The molecule has 0 bridgehead atoms. The van der Waals surface area contributed by atoms with Crippen LogP contribution in [0.15, 0.2) is 6.20 Å². The van der Waals surface area contributed by atoms with Gasteiger partial charge in [-0.15, -0.1) is 11.3 Å². The number of nitrogens with two attached hydrogens (primary N) is 1. The van der Waals surface area contributed by atoms with Crippen molar-refractivity contribution in [2.24, 2.45) is 11.8 Å². The van der Waals surface area contributed by atoms with Crippen molar-refractivity contribution < 1.29 is 0 Å². The van der Waals surface area contributed by atoms with Gasteiger partial charge in [0, 0.05) is 11.1 Å². The Morgan fingerprint density at radius 2 is 2.06 bits per heavy atom. The zero-order valence-corrected chi connectivity index (χ0v) is 10.7. The predicted molar refractivity (Wildman–Crippen MR) is 68.1 cm³/mol. The maximum Gasteiger partial charge on any atom is 0.0897 e. The minimum atomic E-state index is 0.310. The van der Waals surface area contributed by atoms with Crippen molar-refractivity contribution in [2.45, 2.75) is 51.5 Å². The molecule has 16 heavy (non-hydrogen) atoms. The minimum Gasteiger partial charge on any atom is -0.271 e. The number of thiazole rings is 1. The van der Waals surface area contributed by atoms with E-state index in [1.165, 1.54) is 43.4 Å². The minimum absolute atomic E-state index is 0.310. The number of aromatic nitrogens is 1. The van der Waals surface area contributed by atoms with Gasteiger partial charge in [0.05, 0.1) is 11.0 Å². The van der Waals surface area contributed by atoms with Crippen LogP contribution in [0, 0.1) is 12.8 Å². The lowest BCUT2D eigenvalue weighted by Gasteiger charge is -2.24. The van der Waals surface area contributed by atoms with Gasteiger partial charge in [-0.05, 0) is 25.7 Å². The molecule has 1 unspecified atom stereocenters. The molecular weight excluding hydrogens is 218 g/mol. The molecule has 2 rings (SSSR count). The molecule has 0 spiro atoms. The fraction of sp³-hybridized carbons (Fsp3) is 0.750. The molecule has 4 heteroatoms. The van der Waals surface area contributed by atoms with Gasteiger partial charge in [-0.25, -0.2) is 4.98 Å². The topological polar surface area (TPSA) is 50.9 Å². The van der Waals surface area contributed by atoms with Gasteiger partial charge in [0.1, 0.15) is 0 Å². The monoisotopic (exact) mass is 239 g/mol. The number of nitrogens with one attached hydrogen (secondary N) is 1. The van der Waals surface area contributed by atoms with Crippen molar-refractivity contribution in [3.63, 3.8) is 0 Å². The maximum atomic E-state index is 5.72. The van der Waals surface area contributed by atoms with E-state index >= 15 is 0 Å². The molecule has 1 saturated carbocycles. The van der Waals surface area contributed by atoms with Gasteiger partial charge >= 0.3 is 0 Å². The molecule has 0 aromatic carbocycles. The third-order valence-electron chi connectivity index (χ3n) is 3.50. The molecule has 1 aliphatic carbocycles. The first-order valence-corrected chi connectivity index (χ1v) is 7.01. The van der Waals surface area contributed by atoms with Crippen LogP contribution in [0.2, 0.25) is 0 Å². The summed E-state index contributed by atoms with van der Waals surface area (Å²) in [6, 6.07) is 0.310. The lowest BCUT2D eigenvalue weighted by molar-refractivity contribution is 0.333. The van der Waals surface area contributed by atoms with Crippen LogP contribution in [0.5, 0.6) is 0 Å². The third-order valence-corrected chi connectivity index (χ3v) is 4.49. The fourth-order valence-electron chi connectivity index (χ4n) is 2.62. The summed E-state index contributed by atoms with van der Waals surface area (Å²) in [7, 11) is 0. The third kappa shape index (κ3) is 2.81. The predicted octanol–water partition coefficient (Wildman–Crippen LogP) is 2.93. The van der Waals surface area contributed by atoms with E-state index in [1.54, 1.807) is 11.3 Å². The molecule has 1 fully saturated rings. The van der Waals surface area contributed by atoms with Crippen LogP contribution < -0.4 is 11.3 Å². The highest BCUT2D eigenvalue weighted by atomic mass is 32.1. The number of nitrogens with zero attached hydrogens (tertiary/aromatic N) is 1. The summed E-state index contributed by atoms with van der Waals surface area (Å²) in [5.74, 6) is 6.41. The normalized spacial score (nSPS) is 20.6. The van der Waals surface area contributed by atoms with E-state index in [9.17, 15) is 0 Å². The Kier molecular flexibility index (Phi) is 4.32. The summed E-state index contributed by atoms with van der Waals surface area (Å²) >= 11 is 1.77. The van der Waals surface area contributed by atoms with Crippen molar-refractivity contribution >= 4 is 11.3 Å². The summed E-state index contributed by atoms with van der Waals surface area (Å²) < 4.78 is 0. The van der Waals surface area contributed by atoms with Gasteiger partial charge in [0.15, 0.2) is 0 Å². The standard InChI is InChI=1S/C12H21N3S/c1-9-14-8-11(16-9)12(15-13)10-6-4-2-3-5-7-10/h8,10,12,15H,2-7,13H2,1H3. The van der Waals surface area contributed by atoms with Crippen LogP contribution in [0.4, 0.5) is 0 Å². The molecule has 1 atom stereocenters. The number of rotatable bonds is 3. The van der Waals surface area contributed by atoms with E-state index in [4.69, 9.17) is 5.84 Å². The van der Waals surface area contributed by atoms with Crippen LogP contribution >= 0.6 is 11.3 Å². The molecule has 0 aliphatic heterocycles. The van der Waals surface area contributed by atoms with Crippen LogP contribution in [-0.2, 0) is 0 Å². The quantitative estimate of drug-likeness (QED) is 0.484. The summed E-state index contributed by atoms with van der Waals surface area (Å²) in [6.07, 6.45) is 10.0. The second-order valence-corrected chi connectivity index (χ2v) is 5.94. The van der Waals surface area contributed by atoms with E-state index in [0.29, 0.717) is 12.0 Å². The fourth-order valence-corrected chi connectivity index (χ4v) is 3.56. The van der Waals surface area contributed by atoms with Crippen molar-refractivity contribution in [3.05, 3.63) is 16.1 Å². The second kappa shape index (κ2) is 5.75. The van der Waals surface area contributed by atoms with Crippen LogP contribution in [0.3, 0.4) is 0 Å². The largest absolute Gasteiger partial charge is 0.271 e. The Balaban J connectivity index is 2.08. The van der Waals surface area contributed by atoms with E-state index < -0.39 is 0 Å². The SMILES string of the molecule is Cc1ncc(C(NN)C2CCCCCC2)s1. The lowest BCUT2D eigenvalue weighted by atomic mass is 9.91. The van der Waals surface area contributed by atoms with Crippen molar-refractivity contribution in [1.29, 1.82) is 0 Å². The zero-order valence-electron chi connectivity index (χ0n) is 9.91. The van der Waals surface area contributed by atoms with Crippen LogP contribution in [0.1, 0.15) is 54.5 Å². The van der Waals surface area contributed by atoms with Gasteiger partial charge in [-0.2, -0.15) is 0 Å². The molecule has 0 radical (unpaired) electrons. The van der Waals surface area contributed by atoms with Crippen LogP contribution in [-0.4, -0.2) is 4.98 Å². The number of hydrogen-bond donors (Lipinski definition) is 2. The van der Waals surface area contributed by atoms with Gasteiger partial charge in [-0.1, -0.05) is 25.7 Å². The maximum absolute atomic E-state index is 5.72. The molecule has 1 heterocycles. The van der Waals surface area contributed by atoms with Gasteiger partial charge in [-0.3, -0.25) is 11.3 Å².